The summed E-state index contributed by atoms with van der Waals surface area (Å²) >= 11 is 0. The van der Waals surface area contributed by atoms with Crippen LogP contribution < -0.4 is 15.8 Å². The van der Waals surface area contributed by atoms with E-state index in [1.165, 1.54) is 14.0 Å². The lowest BCUT2D eigenvalue weighted by molar-refractivity contribution is -0.156. The summed E-state index contributed by atoms with van der Waals surface area (Å²) in [6, 6.07) is 6.68. The topological polar surface area (TPSA) is 99.9 Å². The third kappa shape index (κ3) is 6.62. The molecule has 1 aromatic carbocycles. The summed E-state index contributed by atoms with van der Waals surface area (Å²) in [7, 11) is 1.53. The van der Waals surface area contributed by atoms with Gasteiger partial charge in [0.25, 0.3) is 5.91 Å². The van der Waals surface area contributed by atoms with Gasteiger partial charge in [-0.3, -0.25) is 4.79 Å². The van der Waals surface area contributed by atoms with Crippen LogP contribution in [-0.2, 0) is 19.1 Å². The van der Waals surface area contributed by atoms with E-state index in [4.69, 9.17) is 19.9 Å². The van der Waals surface area contributed by atoms with Gasteiger partial charge in [0, 0.05) is 25.4 Å². The van der Waals surface area contributed by atoms with Gasteiger partial charge in [-0.15, -0.1) is 0 Å². The molecule has 1 aromatic rings. The number of nitrogens with two attached hydrogens (primary N) is 1. The first-order valence-electron chi connectivity index (χ1n) is 6.47. The summed E-state index contributed by atoms with van der Waals surface area (Å²) in [5.41, 5.74) is 6.12. The van der Waals surface area contributed by atoms with Gasteiger partial charge < -0.3 is 25.3 Å². The highest BCUT2D eigenvalue weighted by Crippen LogP contribution is 2.14. The van der Waals surface area contributed by atoms with Crippen LogP contribution in [0.15, 0.2) is 24.3 Å². The number of esters is 1. The van der Waals surface area contributed by atoms with Crippen molar-refractivity contribution >= 4 is 17.6 Å². The number of amides is 1. The number of nitrogen functional groups attached to an aromatic ring is 1. The Labute approximate surface area is 123 Å². The molecule has 1 atom stereocenters. The van der Waals surface area contributed by atoms with Crippen LogP contribution in [0.2, 0.25) is 0 Å². The molecule has 0 saturated carbocycles. The van der Waals surface area contributed by atoms with Crippen molar-refractivity contribution in [2.45, 2.75) is 13.0 Å². The van der Waals surface area contributed by atoms with Gasteiger partial charge in [0.15, 0.2) is 12.7 Å². The highest BCUT2D eigenvalue weighted by molar-refractivity contribution is 5.83. The van der Waals surface area contributed by atoms with Gasteiger partial charge in [-0.2, -0.15) is 0 Å². The number of hydrogen-bond acceptors (Lipinski definition) is 6. The van der Waals surface area contributed by atoms with E-state index in [1.54, 1.807) is 24.3 Å². The molecule has 0 aliphatic rings. The van der Waals surface area contributed by atoms with E-state index in [1.807, 2.05) is 0 Å². The Morgan fingerprint density at radius 1 is 1.38 bits per heavy atom. The molecule has 1 unspecified atom stereocenters. The number of nitrogens with one attached hydrogen (secondary N) is 1. The highest BCUT2D eigenvalue weighted by atomic mass is 16.6. The van der Waals surface area contributed by atoms with E-state index >= 15 is 0 Å². The molecule has 0 bridgehead atoms. The minimum absolute atomic E-state index is 0.293. The Bertz CT molecular complexity index is 478. The summed E-state index contributed by atoms with van der Waals surface area (Å²) in [5, 5.41) is 2.57. The molecular formula is C14H20N2O5. The molecule has 0 saturated heterocycles. The number of methoxy groups -OCH3 is 1. The second kappa shape index (κ2) is 8.80. The fourth-order valence-corrected chi connectivity index (χ4v) is 1.45. The third-order valence-corrected chi connectivity index (χ3v) is 2.50. The van der Waals surface area contributed by atoms with Gasteiger partial charge in [0.2, 0.25) is 0 Å². The number of rotatable bonds is 8. The SMILES string of the molecule is COCCNC(=O)C(C)OC(=O)COc1cccc(N)c1. The number of benzene rings is 1. The van der Waals surface area contributed by atoms with Crippen LogP contribution >= 0.6 is 0 Å². The van der Waals surface area contributed by atoms with Crippen LogP contribution in [0.25, 0.3) is 0 Å². The smallest absolute Gasteiger partial charge is 0.344 e. The second-order valence-electron chi connectivity index (χ2n) is 4.28. The van der Waals surface area contributed by atoms with Crippen molar-refractivity contribution in [3.8, 4) is 5.75 Å². The van der Waals surface area contributed by atoms with Crippen molar-refractivity contribution in [1.82, 2.24) is 5.32 Å². The first kappa shape index (κ1) is 16.8. The van der Waals surface area contributed by atoms with Crippen molar-refractivity contribution in [2.24, 2.45) is 0 Å². The average molecular weight is 296 g/mol. The normalized spacial score (nSPS) is 11.5. The predicted molar refractivity (Wildman–Crippen MR) is 76.8 cm³/mol. The average Bonchev–Trinajstić information content (AvgIpc) is 2.45. The molecule has 1 amide bonds. The van der Waals surface area contributed by atoms with Crippen molar-refractivity contribution in [1.29, 1.82) is 0 Å². The maximum absolute atomic E-state index is 11.6. The van der Waals surface area contributed by atoms with Gasteiger partial charge in [0.1, 0.15) is 5.75 Å². The molecule has 21 heavy (non-hydrogen) atoms. The Kier molecular flexibility index (Phi) is 7.03. The molecule has 0 aliphatic heterocycles. The Balaban J connectivity index is 2.31. The van der Waals surface area contributed by atoms with E-state index in [0.717, 1.165) is 0 Å². The van der Waals surface area contributed by atoms with Crippen molar-refractivity contribution in [3.05, 3.63) is 24.3 Å². The standard InChI is InChI=1S/C14H20N2O5/c1-10(14(18)16-6-7-19-2)21-13(17)9-20-12-5-3-4-11(15)8-12/h3-5,8,10H,6-7,9,15H2,1-2H3,(H,16,18). The second-order valence-corrected chi connectivity index (χ2v) is 4.28. The molecule has 7 heteroatoms. The molecule has 0 aromatic heterocycles. The lowest BCUT2D eigenvalue weighted by Gasteiger charge is -2.13. The largest absolute Gasteiger partial charge is 0.482 e. The zero-order valence-corrected chi connectivity index (χ0v) is 12.1. The molecular weight excluding hydrogens is 276 g/mol. The van der Waals surface area contributed by atoms with Crippen molar-refractivity contribution < 1.29 is 23.8 Å². The fraction of sp³-hybridized carbons (Fsp3) is 0.429. The van der Waals surface area contributed by atoms with E-state index in [0.29, 0.717) is 24.6 Å². The zero-order chi connectivity index (χ0) is 15.7. The summed E-state index contributed by atoms with van der Waals surface area (Å²) in [6.07, 6.45) is -0.890. The zero-order valence-electron chi connectivity index (χ0n) is 12.1. The molecule has 1 rings (SSSR count). The van der Waals surface area contributed by atoms with E-state index < -0.39 is 12.1 Å². The monoisotopic (exact) mass is 296 g/mol. The summed E-state index contributed by atoms with van der Waals surface area (Å²) in [5.74, 6) is -0.555. The maximum Gasteiger partial charge on any atom is 0.344 e. The lowest BCUT2D eigenvalue weighted by Crippen LogP contribution is -2.38. The van der Waals surface area contributed by atoms with Crippen LogP contribution in [0.5, 0.6) is 5.75 Å². The van der Waals surface area contributed by atoms with Gasteiger partial charge in [-0.25, -0.2) is 4.79 Å². The quantitative estimate of drug-likeness (QED) is 0.408. The highest BCUT2D eigenvalue weighted by Gasteiger charge is 2.17. The van der Waals surface area contributed by atoms with Crippen LogP contribution in [0.3, 0.4) is 0 Å². The van der Waals surface area contributed by atoms with Crippen molar-refractivity contribution in [3.63, 3.8) is 0 Å². The number of ether oxygens (including phenoxy) is 3. The van der Waals surface area contributed by atoms with E-state index in [-0.39, 0.29) is 12.5 Å². The van der Waals surface area contributed by atoms with E-state index in [2.05, 4.69) is 5.32 Å². The number of carbonyl (C=O) groups is 2. The number of carbonyl (C=O) groups excluding carboxylic acids is 2. The molecule has 0 fully saturated rings. The predicted octanol–water partition coefficient (Wildman–Crippen LogP) is 0.342. The van der Waals surface area contributed by atoms with Crippen LogP contribution in [0.4, 0.5) is 5.69 Å². The molecule has 0 heterocycles. The lowest BCUT2D eigenvalue weighted by atomic mass is 10.3. The number of hydrogen-bond donors (Lipinski definition) is 2. The van der Waals surface area contributed by atoms with Crippen molar-refractivity contribution in [2.75, 3.05) is 32.6 Å². The Hall–Kier alpha value is -2.28. The molecule has 0 spiro atoms. The van der Waals surface area contributed by atoms with Crippen LogP contribution in [0.1, 0.15) is 6.92 Å². The Morgan fingerprint density at radius 3 is 2.81 bits per heavy atom. The maximum atomic E-state index is 11.6. The Morgan fingerprint density at radius 2 is 2.14 bits per heavy atom. The minimum atomic E-state index is -0.890. The minimum Gasteiger partial charge on any atom is -0.482 e. The first-order chi connectivity index (χ1) is 10.0. The first-order valence-corrected chi connectivity index (χ1v) is 6.47. The van der Waals surface area contributed by atoms with Gasteiger partial charge in [-0.1, -0.05) is 6.07 Å². The molecule has 3 N–H and O–H groups in total. The summed E-state index contributed by atoms with van der Waals surface area (Å²) in [6.45, 7) is 1.95. The molecule has 0 aliphatic carbocycles. The molecule has 7 nitrogen and oxygen atoms in total. The van der Waals surface area contributed by atoms with Crippen LogP contribution in [0, 0.1) is 0 Å². The van der Waals surface area contributed by atoms with Gasteiger partial charge in [-0.05, 0) is 19.1 Å². The molecule has 116 valence electrons. The van der Waals surface area contributed by atoms with Gasteiger partial charge in [0.05, 0.1) is 6.61 Å². The molecule has 0 radical (unpaired) electrons. The third-order valence-electron chi connectivity index (χ3n) is 2.50. The summed E-state index contributed by atoms with van der Waals surface area (Å²) in [4.78, 5) is 23.1. The fourth-order valence-electron chi connectivity index (χ4n) is 1.45. The number of anilines is 1. The van der Waals surface area contributed by atoms with Gasteiger partial charge >= 0.3 is 5.97 Å². The summed E-state index contributed by atoms with van der Waals surface area (Å²) < 4.78 is 15.0. The van der Waals surface area contributed by atoms with E-state index in [9.17, 15) is 9.59 Å². The van der Waals surface area contributed by atoms with Crippen LogP contribution in [-0.4, -0.2) is 44.8 Å².